The summed E-state index contributed by atoms with van der Waals surface area (Å²) < 4.78 is 1.81. The first kappa shape index (κ1) is 14.8. The first-order valence-electron chi connectivity index (χ1n) is 6.95. The van der Waals surface area contributed by atoms with Gasteiger partial charge in [0.1, 0.15) is 17.2 Å². The van der Waals surface area contributed by atoms with Crippen LogP contribution in [0.2, 0.25) is 0 Å². The van der Waals surface area contributed by atoms with Crippen LogP contribution in [-0.2, 0) is 0 Å². The Bertz CT molecular complexity index is 922. The maximum atomic E-state index is 9.70. The molecular weight excluding hydrogens is 292 g/mol. The average molecular weight is 308 g/mol. The number of nitrogens with zero attached hydrogens (tertiary/aromatic N) is 4. The van der Waals surface area contributed by atoms with Crippen molar-refractivity contribution in [3.05, 3.63) is 36.2 Å². The second-order valence-corrected chi connectivity index (χ2v) is 5.63. The van der Waals surface area contributed by atoms with Crippen LogP contribution in [0.5, 0.6) is 0 Å². The SMILES string of the molecule is CC(C)(O)C#Cc1cnc2ccn(-c3cc(N)nc(N)n3)c2c1. The quantitative estimate of drug-likeness (QED) is 0.580. The lowest BCUT2D eigenvalue weighted by Crippen LogP contribution is -2.14. The van der Waals surface area contributed by atoms with Crippen molar-refractivity contribution in [3.8, 4) is 17.7 Å². The third-order valence-electron chi connectivity index (χ3n) is 3.05. The van der Waals surface area contributed by atoms with Crippen molar-refractivity contribution in [2.45, 2.75) is 19.4 Å². The van der Waals surface area contributed by atoms with E-state index in [4.69, 9.17) is 11.5 Å². The summed E-state index contributed by atoms with van der Waals surface area (Å²) >= 11 is 0. The monoisotopic (exact) mass is 308 g/mol. The first-order valence-corrected chi connectivity index (χ1v) is 6.95. The van der Waals surface area contributed by atoms with E-state index in [0.29, 0.717) is 17.2 Å². The minimum atomic E-state index is -1.06. The van der Waals surface area contributed by atoms with Crippen molar-refractivity contribution in [1.82, 2.24) is 19.5 Å². The van der Waals surface area contributed by atoms with Gasteiger partial charge in [-0.15, -0.1) is 0 Å². The number of fused-ring (bicyclic) bond motifs is 1. The van der Waals surface area contributed by atoms with Gasteiger partial charge in [0.25, 0.3) is 0 Å². The Labute approximate surface area is 133 Å². The molecule has 0 aliphatic carbocycles. The normalized spacial score (nSPS) is 11.3. The molecule has 0 aromatic carbocycles. The molecule has 0 aliphatic heterocycles. The predicted molar refractivity (Wildman–Crippen MR) is 88.7 cm³/mol. The fraction of sp³-hybridized carbons (Fsp3) is 0.188. The van der Waals surface area contributed by atoms with E-state index in [1.807, 2.05) is 22.9 Å². The van der Waals surface area contributed by atoms with Crippen molar-refractivity contribution < 1.29 is 5.11 Å². The zero-order valence-corrected chi connectivity index (χ0v) is 12.8. The molecule has 0 radical (unpaired) electrons. The number of rotatable bonds is 1. The van der Waals surface area contributed by atoms with E-state index in [2.05, 4.69) is 26.8 Å². The molecule has 0 unspecified atom stereocenters. The lowest BCUT2D eigenvalue weighted by Gasteiger charge is -2.07. The molecule has 3 aromatic heterocycles. The molecule has 7 heteroatoms. The standard InChI is InChI=1S/C16H16N6O/c1-16(2,23)5-3-10-7-12-11(19-9-10)4-6-22(12)14-8-13(17)20-15(18)21-14/h4,6-9,23H,1-2H3,(H4,17,18,20,21). The molecule has 0 bridgehead atoms. The number of hydrogen-bond acceptors (Lipinski definition) is 6. The summed E-state index contributed by atoms with van der Waals surface area (Å²) in [7, 11) is 0. The predicted octanol–water partition coefficient (Wildman–Crippen LogP) is 1.10. The molecule has 3 rings (SSSR count). The highest BCUT2D eigenvalue weighted by molar-refractivity contribution is 5.79. The number of anilines is 2. The maximum Gasteiger partial charge on any atom is 0.223 e. The molecule has 5 N–H and O–H groups in total. The minimum Gasteiger partial charge on any atom is -0.383 e. The van der Waals surface area contributed by atoms with E-state index in [0.717, 1.165) is 11.0 Å². The van der Waals surface area contributed by atoms with Crippen molar-refractivity contribution in [3.63, 3.8) is 0 Å². The summed E-state index contributed by atoms with van der Waals surface area (Å²) in [5.74, 6) is 6.62. The lowest BCUT2D eigenvalue weighted by molar-refractivity contribution is 0.143. The van der Waals surface area contributed by atoms with Gasteiger partial charge in [0.15, 0.2) is 0 Å². The average Bonchev–Trinajstić information content (AvgIpc) is 2.86. The van der Waals surface area contributed by atoms with Crippen molar-refractivity contribution in [1.29, 1.82) is 0 Å². The van der Waals surface area contributed by atoms with Crippen LogP contribution in [0.25, 0.3) is 16.9 Å². The number of aromatic nitrogens is 4. The largest absolute Gasteiger partial charge is 0.383 e. The molecule has 0 saturated carbocycles. The number of nitrogen functional groups attached to an aromatic ring is 2. The molecule has 3 heterocycles. The number of aliphatic hydroxyl groups is 1. The smallest absolute Gasteiger partial charge is 0.223 e. The third-order valence-corrected chi connectivity index (χ3v) is 3.05. The lowest BCUT2D eigenvalue weighted by atomic mass is 10.1. The van der Waals surface area contributed by atoms with E-state index in [9.17, 15) is 5.11 Å². The number of pyridine rings is 1. The zero-order valence-electron chi connectivity index (χ0n) is 12.8. The molecule has 0 amide bonds. The minimum absolute atomic E-state index is 0.104. The van der Waals surface area contributed by atoms with Crippen LogP contribution < -0.4 is 11.5 Å². The molecule has 7 nitrogen and oxygen atoms in total. The Morgan fingerprint density at radius 1 is 1.22 bits per heavy atom. The van der Waals surface area contributed by atoms with E-state index >= 15 is 0 Å². The van der Waals surface area contributed by atoms with Crippen molar-refractivity contribution >= 4 is 22.8 Å². The van der Waals surface area contributed by atoms with Crippen LogP contribution in [0.1, 0.15) is 19.4 Å². The zero-order chi connectivity index (χ0) is 16.6. The second kappa shape index (κ2) is 5.26. The van der Waals surface area contributed by atoms with Gasteiger partial charge in [0.2, 0.25) is 5.95 Å². The Morgan fingerprint density at radius 2 is 2.00 bits per heavy atom. The van der Waals surface area contributed by atoms with Gasteiger partial charge < -0.3 is 16.6 Å². The summed E-state index contributed by atoms with van der Waals surface area (Å²) in [6.07, 6.45) is 3.49. The van der Waals surface area contributed by atoms with Crippen LogP contribution in [0.15, 0.2) is 30.6 Å². The fourth-order valence-electron chi connectivity index (χ4n) is 2.10. The Morgan fingerprint density at radius 3 is 2.70 bits per heavy atom. The van der Waals surface area contributed by atoms with E-state index < -0.39 is 5.60 Å². The molecular formula is C16H16N6O. The number of nitrogens with two attached hydrogens (primary N) is 2. The Balaban J connectivity index is 2.13. The van der Waals surface area contributed by atoms with E-state index in [-0.39, 0.29) is 5.95 Å². The van der Waals surface area contributed by atoms with Crippen molar-refractivity contribution in [2.24, 2.45) is 0 Å². The summed E-state index contributed by atoms with van der Waals surface area (Å²) in [6.45, 7) is 3.25. The summed E-state index contributed by atoms with van der Waals surface area (Å²) in [5.41, 5.74) is 12.6. The van der Waals surface area contributed by atoms with Crippen LogP contribution in [0.3, 0.4) is 0 Å². The van der Waals surface area contributed by atoms with Gasteiger partial charge in [-0.05, 0) is 26.0 Å². The molecule has 0 atom stereocenters. The van der Waals surface area contributed by atoms with Crippen LogP contribution in [-0.4, -0.2) is 30.2 Å². The number of hydrogen-bond donors (Lipinski definition) is 3. The first-order chi connectivity index (χ1) is 10.8. The van der Waals surface area contributed by atoms with Gasteiger partial charge in [-0.2, -0.15) is 9.97 Å². The van der Waals surface area contributed by atoms with Gasteiger partial charge in [-0.25, -0.2) is 0 Å². The fourth-order valence-corrected chi connectivity index (χ4v) is 2.10. The van der Waals surface area contributed by atoms with Gasteiger partial charge in [0, 0.05) is 24.0 Å². The van der Waals surface area contributed by atoms with Crippen LogP contribution in [0.4, 0.5) is 11.8 Å². The summed E-state index contributed by atoms with van der Waals surface area (Å²) in [5, 5.41) is 9.70. The van der Waals surface area contributed by atoms with E-state index in [1.165, 1.54) is 0 Å². The van der Waals surface area contributed by atoms with E-state index in [1.54, 1.807) is 26.1 Å². The molecule has 0 aliphatic rings. The Kier molecular flexibility index (Phi) is 3.39. The highest BCUT2D eigenvalue weighted by Gasteiger charge is 2.09. The maximum absolute atomic E-state index is 9.70. The molecule has 116 valence electrons. The highest BCUT2D eigenvalue weighted by atomic mass is 16.3. The van der Waals surface area contributed by atoms with Gasteiger partial charge in [0.05, 0.1) is 11.0 Å². The van der Waals surface area contributed by atoms with Crippen LogP contribution in [0, 0.1) is 11.8 Å². The molecule has 3 aromatic rings. The van der Waals surface area contributed by atoms with Gasteiger partial charge in [-0.3, -0.25) is 9.55 Å². The van der Waals surface area contributed by atoms with Gasteiger partial charge in [-0.1, -0.05) is 11.8 Å². The molecule has 23 heavy (non-hydrogen) atoms. The molecule has 0 spiro atoms. The molecule has 0 fully saturated rings. The summed E-state index contributed by atoms with van der Waals surface area (Å²) in [4.78, 5) is 12.4. The summed E-state index contributed by atoms with van der Waals surface area (Å²) in [6, 6.07) is 5.36. The molecule has 0 saturated heterocycles. The topological polar surface area (TPSA) is 116 Å². The van der Waals surface area contributed by atoms with Gasteiger partial charge >= 0.3 is 0 Å². The van der Waals surface area contributed by atoms with Crippen LogP contribution >= 0.6 is 0 Å². The highest BCUT2D eigenvalue weighted by Crippen LogP contribution is 2.20. The third kappa shape index (κ3) is 3.22. The second-order valence-electron chi connectivity index (χ2n) is 5.63. The van der Waals surface area contributed by atoms with Crippen molar-refractivity contribution in [2.75, 3.05) is 11.5 Å². The Hall–Kier alpha value is -3.11.